The highest BCUT2D eigenvalue weighted by atomic mass is 16.5. The predicted octanol–water partition coefficient (Wildman–Crippen LogP) is 4.10. The lowest BCUT2D eigenvalue weighted by Crippen LogP contribution is -2.23. The molecule has 3 aliphatic rings. The van der Waals surface area contributed by atoms with E-state index in [2.05, 4.69) is 64.2 Å². The van der Waals surface area contributed by atoms with E-state index in [-0.39, 0.29) is 6.23 Å². The van der Waals surface area contributed by atoms with E-state index >= 15 is 0 Å². The van der Waals surface area contributed by atoms with Crippen molar-refractivity contribution >= 4 is 11.6 Å². The molecular formula is C25H29N5O. The van der Waals surface area contributed by atoms with Crippen LogP contribution in [0.15, 0.2) is 72.2 Å². The molecule has 0 radical (unpaired) electrons. The maximum Gasteiger partial charge on any atom is 0.196 e. The number of rotatable bonds is 6. The van der Waals surface area contributed by atoms with Gasteiger partial charge in [-0.2, -0.15) is 0 Å². The molecule has 0 bridgehead atoms. The molecule has 1 unspecified atom stereocenters. The fourth-order valence-electron chi connectivity index (χ4n) is 4.22. The molecule has 4 heterocycles. The number of nitrogens with zero attached hydrogens (tertiary/aromatic N) is 2. The number of hydrogen-bond donors (Lipinski definition) is 3. The standard InChI is InChI=1S/C25H29N5O/c1-18-10-11-26-24(14-18)29-23-9-5-8-21(28-23)22-16-27-25(31-22)20-7-4-6-19(15-20)17-30-12-2-3-13-30/h4-10,14-16,25-27H,2-3,11-13,17H2,1H3,(H,28,29). The first kappa shape index (κ1) is 19.7. The van der Waals surface area contributed by atoms with Crippen LogP contribution in [-0.2, 0) is 11.3 Å². The van der Waals surface area contributed by atoms with Crippen molar-refractivity contribution in [2.45, 2.75) is 32.5 Å². The third kappa shape index (κ3) is 4.75. The number of dihydropyridines is 1. The van der Waals surface area contributed by atoms with E-state index < -0.39 is 0 Å². The molecule has 5 rings (SSSR count). The molecule has 1 saturated heterocycles. The predicted molar refractivity (Wildman–Crippen MR) is 124 cm³/mol. The minimum Gasteiger partial charge on any atom is -0.463 e. The van der Waals surface area contributed by atoms with Crippen molar-refractivity contribution in [2.24, 2.45) is 0 Å². The van der Waals surface area contributed by atoms with Crippen molar-refractivity contribution in [3.8, 4) is 0 Å². The Kier molecular flexibility index (Phi) is 5.63. The molecule has 1 aromatic heterocycles. The first-order valence-electron chi connectivity index (χ1n) is 11.0. The molecule has 1 atom stereocenters. The Balaban J connectivity index is 1.25. The highest BCUT2D eigenvalue weighted by Gasteiger charge is 2.22. The van der Waals surface area contributed by atoms with Gasteiger partial charge in [-0.3, -0.25) is 4.90 Å². The lowest BCUT2D eigenvalue weighted by Gasteiger charge is -2.18. The lowest BCUT2D eigenvalue weighted by atomic mass is 10.1. The van der Waals surface area contributed by atoms with Crippen LogP contribution in [0.5, 0.6) is 0 Å². The maximum absolute atomic E-state index is 6.23. The van der Waals surface area contributed by atoms with Gasteiger partial charge in [0, 0.05) is 24.9 Å². The summed E-state index contributed by atoms with van der Waals surface area (Å²) in [5, 5.41) is 10.0. The van der Waals surface area contributed by atoms with Gasteiger partial charge in [0.05, 0.1) is 0 Å². The second-order valence-corrected chi connectivity index (χ2v) is 8.32. The molecule has 0 saturated carbocycles. The second kappa shape index (κ2) is 8.86. The topological polar surface area (TPSA) is 61.5 Å². The molecule has 0 aliphatic carbocycles. The monoisotopic (exact) mass is 415 g/mol. The van der Waals surface area contributed by atoms with Crippen molar-refractivity contribution in [3.63, 3.8) is 0 Å². The smallest absolute Gasteiger partial charge is 0.196 e. The van der Waals surface area contributed by atoms with Crippen LogP contribution in [0.3, 0.4) is 0 Å². The van der Waals surface area contributed by atoms with Gasteiger partial charge in [0.15, 0.2) is 12.0 Å². The lowest BCUT2D eigenvalue weighted by molar-refractivity contribution is 0.173. The number of nitrogens with one attached hydrogen (secondary N) is 3. The Labute approximate surface area is 183 Å². The van der Waals surface area contributed by atoms with Crippen LogP contribution in [0.4, 0.5) is 5.82 Å². The van der Waals surface area contributed by atoms with E-state index in [1.54, 1.807) is 0 Å². The first-order chi connectivity index (χ1) is 15.2. The molecule has 3 N–H and O–H groups in total. The first-order valence-corrected chi connectivity index (χ1v) is 11.0. The minimum absolute atomic E-state index is 0.192. The molecule has 3 aliphatic heterocycles. The Hall–Kier alpha value is -3.25. The molecular weight excluding hydrogens is 386 g/mol. The van der Waals surface area contributed by atoms with Crippen LogP contribution in [0.25, 0.3) is 5.76 Å². The van der Waals surface area contributed by atoms with Crippen molar-refractivity contribution in [1.82, 2.24) is 20.5 Å². The van der Waals surface area contributed by atoms with Gasteiger partial charge >= 0.3 is 0 Å². The fourth-order valence-corrected chi connectivity index (χ4v) is 4.22. The third-order valence-electron chi connectivity index (χ3n) is 5.82. The largest absolute Gasteiger partial charge is 0.463 e. The highest BCUT2D eigenvalue weighted by Crippen LogP contribution is 2.29. The van der Waals surface area contributed by atoms with Gasteiger partial charge in [-0.05, 0) is 68.3 Å². The highest BCUT2D eigenvalue weighted by molar-refractivity contribution is 5.60. The van der Waals surface area contributed by atoms with Gasteiger partial charge < -0.3 is 20.7 Å². The molecule has 2 aromatic rings. The fraction of sp³-hybridized carbons (Fsp3) is 0.320. The van der Waals surface area contributed by atoms with Crippen molar-refractivity contribution in [3.05, 3.63) is 89.0 Å². The number of anilines is 1. The minimum atomic E-state index is -0.192. The number of allylic oxidation sites excluding steroid dienone is 2. The van der Waals surface area contributed by atoms with Crippen LogP contribution < -0.4 is 16.0 Å². The van der Waals surface area contributed by atoms with Crippen molar-refractivity contribution < 1.29 is 4.74 Å². The van der Waals surface area contributed by atoms with Gasteiger partial charge in [0.25, 0.3) is 0 Å². The van der Waals surface area contributed by atoms with Crippen LogP contribution in [0, 0.1) is 0 Å². The van der Waals surface area contributed by atoms with E-state index in [0.717, 1.165) is 41.7 Å². The van der Waals surface area contributed by atoms with Gasteiger partial charge in [-0.25, -0.2) is 4.98 Å². The second-order valence-electron chi connectivity index (χ2n) is 8.32. The Morgan fingerprint density at radius 1 is 1.16 bits per heavy atom. The SMILES string of the molecule is CC1=CCNC(Nc2cccc(C3=CNC(c4cccc(CN5CCCC5)c4)O3)n2)=C1. The van der Waals surface area contributed by atoms with Crippen molar-refractivity contribution in [2.75, 3.05) is 25.0 Å². The summed E-state index contributed by atoms with van der Waals surface area (Å²) in [6, 6.07) is 14.6. The molecule has 0 spiro atoms. The Morgan fingerprint density at radius 2 is 2.03 bits per heavy atom. The zero-order valence-electron chi connectivity index (χ0n) is 17.9. The summed E-state index contributed by atoms with van der Waals surface area (Å²) < 4.78 is 6.23. The molecule has 160 valence electrons. The molecule has 31 heavy (non-hydrogen) atoms. The summed E-state index contributed by atoms with van der Waals surface area (Å²) in [6.45, 7) is 6.32. The van der Waals surface area contributed by atoms with Crippen LogP contribution in [-0.4, -0.2) is 29.5 Å². The van der Waals surface area contributed by atoms with Crippen LogP contribution in [0.1, 0.15) is 42.8 Å². The zero-order valence-corrected chi connectivity index (χ0v) is 17.9. The summed E-state index contributed by atoms with van der Waals surface area (Å²) in [5.74, 6) is 2.49. The maximum atomic E-state index is 6.23. The zero-order chi connectivity index (χ0) is 21.0. The van der Waals surface area contributed by atoms with Gasteiger partial charge in [-0.15, -0.1) is 0 Å². The van der Waals surface area contributed by atoms with Gasteiger partial charge in [-0.1, -0.05) is 30.3 Å². The molecule has 0 amide bonds. The van der Waals surface area contributed by atoms with Crippen LogP contribution >= 0.6 is 0 Å². The van der Waals surface area contributed by atoms with Gasteiger partial charge in [0.2, 0.25) is 0 Å². The summed E-state index contributed by atoms with van der Waals surface area (Å²) in [6.07, 6.45) is 8.57. The number of hydrogen-bond acceptors (Lipinski definition) is 6. The Bertz CT molecular complexity index is 1040. The summed E-state index contributed by atoms with van der Waals surface area (Å²) in [4.78, 5) is 7.25. The van der Waals surface area contributed by atoms with E-state index in [9.17, 15) is 0 Å². The van der Waals surface area contributed by atoms with E-state index in [0.29, 0.717) is 0 Å². The number of pyridine rings is 1. The van der Waals surface area contributed by atoms with Gasteiger partial charge in [0.1, 0.15) is 17.3 Å². The molecule has 6 nitrogen and oxygen atoms in total. The van der Waals surface area contributed by atoms with E-state index in [1.807, 2.05) is 24.4 Å². The van der Waals surface area contributed by atoms with E-state index in [4.69, 9.17) is 9.72 Å². The number of ether oxygens (including phenoxy) is 1. The van der Waals surface area contributed by atoms with Crippen molar-refractivity contribution in [1.29, 1.82) is 0 Å². The quantitative estimate of drug-likeness (QED) is 0.660. The average Bonchev–Trinajstić information content (AvgIpc) is 3.47. The number of likely N-dealkylation sites (tertiary alicyclic amines) is 1. The molecule has 6 heteroatoms. The summed E-state index contributed by atoms with van der Waals surface area (Å²) >= 11 is 0. The average molecular weight is 416 g/mol. The summed E-state index contributed by atoms with van der Waals surface area (Å²) in [5.41, 5.74) is 4.51. The van der Waals surface area contributed by atoms with E-state index in [1.165, 1.54) is 37.1 Å². The molecule has 1 fully saturated rings. The van der Waals surface area contributed by atoms with Crippen LogP contribution in [0.2, 0.25) is 0 Å². The molecule has 1 aromatic carbocycles. The number of benzene rings is 1. The third-order valence-corrected chi connectivity index (χ3v) is 5.82. The number of aromatic nitrogens is 1. The summed E-state index contributed by atoms with van der Waals surface area (Å²) in [7, 11) is 0. The Morgan fingerprint density at radius 3 is 2.90 bits per heavy atom. The normalized spacial score (nSPS) is 20.8.